The Hall–Kier alpha value is -1.26. The standard InChI is InChI=1S/C18H20Cl2N2O/c1-12-2-7-17(15(20)10-12)22-9-8-21-16(11-23)18(22)13-3-5-14(19)6-4-13/h2-7,10,16,18,21,23H,8-9,11H2,1H3/t16-,18+/m1/s1. The van der Waals surface area contributed by atoms with E-state index >= 15 is 0 Å². The van der Waals surface area contributed by atoms with Crippen molar-refractivity contribution in [3.63, 3.8) is 0 Å². The normalized spacial score (nSPS) is 21.5. The number of hydrogen-bond acceptors (Lipinski definition) is 3. The summed E-state index contributed by atoms with van der Waals surface area (Å²) >= 11 is 12.5. The van der Waals surface area contributed by atoms with Gasteiger partial charge >= 0.3 is 0 Å². The highest BCUT2D eigenvalue weighted by Crippen LogP contribution is 2.36. The molecule has 1 heterocycles. The van der Waals surface area contributed by atoms with E-state index in [0.29, 0.717) is 5.02 Å². The molecule has 1 aliphatic rings. The van der Waals surface area contributed by atoms with Gasteiger partial charge in [-0.15, -0.1) is 0 Å². The third-order valence-corrected chi connectivity index (χ3v) is 4.85. The van der Waals surface area contributed by atoms with Crippen molar-refractivity contribution in [2.45, 2.75) is 19.0 Å². The lowest BCUT2D eigenvalue weighted by atomic mass is 9.95. The van der Waals surface area contributed by atoms with E-state index in [1.54, 1.807) is 0 Å². The van der Waals surface area contributed by atoms with Crippen molar-refractivity contribution in [2.24, 2.45) is 0 Å². The zero-order valence-electron chi connectivity index (χ0n) is 13.0. The lowest BCUT2D eigenvalue weighted by Gasteiger charge is -2.43. The van der Waals surface area contributed by atoms with Gasteiger partial charge in [-0.2, -0.15) is 0 Å². The first-order chi connectivity index (χ1) is 11.1. The number of aliphatic hydroxyl groups is 1. The second kappa shape index (κ2) is 7.10. The van der Waals surface area contributed by atoms with Crippen molar-refractivity contribution in [3.8, 4) is 0 Å². The average Bonchev–Trinajstić information content (AvgIpc) is 2.55. The van der Waals surface area contributed by atoms with Gasteiger partial charge in [-0.3, -0.25) is 0 Å². The van der Waals surface area contributed by atoms with Crippen LogP contribution >= 0.6 is 23.2 Å². The molecule has 23 heavy (non-hydrogen) atoms. The van der Waals surface area contributed by atoms with Crippen LogP contribution in [-0.4, -0.2) is 30.8 Å². The number of hydrogen-bond donors (Lipinski definition) is 2. The Bertz CT molecular complexity index is 675. The molecule has 2 aromatic carbocycles. The van der Waals surface area contributed by atoms with Crippen LogP contribution in [0.25, 0.3) is 0 Å². The smallest absolute Gasteiger partial charge is 0.0719 e. The number of benzene rings is 2. The number of aryl methyl sites for hydroxylation is 1. The Labute approximate surface area is 146 Å². The van der Waals surface area contributed by atoms with E-state index in [1.165, 1.54) is 0 Å². The van der Waals surface area contributed by atoms with Crippen molar-refractivity contribution >= 4 is 28.9 Å². The van der Waals surface area contributed by atoms with Gasteiger partial charge in [0.15, 0.2) is 0 Å². The molecule has 0 bridgehead atoms. The van der Waals surface area contributed by atoms with E-state index < -0.39 is 0 Å². The first-order valence-corrected chi connectivity index (χ1v) is 8.48. The molecular formula is C18H20Cl2N2O. The molecule has 122 valence electrons. The molecule has 0 spiro atoms. The lowest BCUT2D eigenvalue weighted by Crippen LogP contribution is -2.54. The molecule has 2 N–H and O–H groups in total. The van der Waals surface area contributed by atoms with E-state index in [1.807, 2.05) is 37.3 Å². The number of anilines is 1. The van der Waals surface area contributed by atoms with Crippen molar-refractivity contribution in [1.82, 2.24) is 5.32 Å². The van der Waals surface area contributed by atoms with Gasteiger partial charge in [0.1, 0.15) is 0 Å². The Morgan fingerprint density at radius 3 is 2.57 bits per heavy atom. The maximum absolute atomic E-state index is 9.81. The highest BCUT2D eigenvalue weighted by molar-refractivity contribution is 6.33. The van der Waals surface area contributed by atoms with Gasteiger partial charge < -0.3 is 15.3 Å². The van der Waals surface area contributed by atoms with Crippen LogP contribution in [0.1, 0.15) is 17.2 Å². The monoisotopic (exact) mass is 350 g/mol. The number of piperazine rings is 1. The van der Waals surface area contributed by atoms with Crippen LogP contribution in [0.5, 0.6) is 0 Å². The predicted molar refractivity (Wildman–Crippen MR) is 96.6 cm³/mol. The van der Waals surface area contributed by atoms with E-state index in [0.717, 1.165) is 34.9 Å². The number of nitrogens with one attached hydrogen (secondary N) is 1. The number of aliphatic hydroxyl groups excluding tert-OH is 1. The van der Waals surface area contributed by atoms with Crippen LogP contribution in [0.2, 0.25) is 10.0 Å². The fraction of sp³-hybridized carbons (Fsp3) is 0.333. The third kappa shape index (κ3) is 3.48. The van der Waals surface area contributed by atoms with Gasteiger partial charge in [0.25, 0.3) is 0 Å². The lowest BCUT2D eigenvalue weighted by molar-refractivity contribution is 0.208. The summed E-state index contributed by atoms with van der Waals surface area (Å²) in [6, 6.07) is 13.8. The maximum Gasteiger partial charge on any atom is 0.0719 e. The molecule has 0 saturated carbocycles. The summed E-state index contributed by atoms with van der Waals surface area (Å²) in [7, 11) is 0. The van der Waals surface area contributed by atoms with Crippen LogP contribution in [-0.2, 0) is 0 Å². The SMILES string of the molecule is Cc1ccc(N2CCN[C@H](CO)[C@@H]2c2ccc(Cl)cc2)c(Cl)c1. The van der Waals surface area contributed by atoms with Gasteiger partial charge in [0.2, 0.25) is 0 Å². The molecule has 0 radical (unpaired) electrons. The summed E-state index contributed by atoms with van der Waals surface area (Å²) in [6.45, 7) is 3.72. The maximum atomic E-state index is 9.81. The minimum absolute atomic E-state index is 0.00576. The van der Waals surface area contributed by atoms with Crippen molar-refractivity contribution in [2.75, 3.05) is 24.6 Å². The van der Waals surface area contributed by atoms with Crippen molar-refractivity contribution in [1.29, 1.82) is 0 Å². The number of rotatable bonds is 3. The first kappa shape index (κ1) is 16.6. The fourth-order valence-corrected chi connectivity index (χ4v) is 3.66. The van der Waals surface area contributed by atoms with E-state index in [2.05, 4.69) is 22.3 Å². The number of halogens is 2. The quantitative estimate of drug-likeness (QED) is 0.883. The summed E-state index contributed by atoms with van der Waals surface area (Å²) in [5.74, 6) is 0. The van der Waals surface area contributed by atoms with Crippen LogP contribution in [0, 0.1) is 6.92 Å². The molecule has 0 aliphatic carbocycles. The first-order valence-electron chi connectivity index (χ1n) is 7.72. The Kier molecular flexibility index (Phi) is 5.12. The average molecular weight is 351 g/mol. The van der Waals surface area contributed by atoms with Crippen LogP contribution < -0.4 is 10.2 Å². The molecule has 1 aliphatic heterocycles. The third-order valence-electron chi connectivity index (χ3n) is 4.30. The molecule has 3 nitrogen and oxygen atoms in total. The number of nitrogens with zero attached hydrogens (tertiary/aromatic N) is 1. The zero-order chi connectivity index (χ0) is 16.4. The molecule has 2 aromatic rings. The minimum atomic E-state index is -0.0534. The molecule has 0 aromatic heterocycles. The van der Waals surface area contributed by atoms with Crippen LogP contribution in [0.3, 0.4) is 0 Å². The summed E-state index contributed by atoms with van der Waals surface area (Å²) < 4.78 is 0. The Morgan fingerprint density at radius 2 is 1.91 bits per heavy atom. The van der Waals surface area contributed by atoms with E-state index in [4.69, 9.17) is 23.2 Å². The fourth-order valence-electron chi connectivity index (χ4n) is 3.19. The summed E-state index contributed by atoms with van der Waals surface area (Å²) in [4.78, 5) is 2.27. The van der Waals surface area contributed by atoms with Crippen molar-refractivity contribution < 1.29 is 5.11 Å². The highest BCUT2D eigenvalue weighted by Gasteiger charge is 2.33. The van der Waals surface area contributed by atoms with E-state index in [-0.39, 0.29) is 18.7 Å². The largest absolute Gasteiger partial charge is 0.395 e. The molecule has 1 saturated heterocycles. The molecule has 1 fully saturated rings. The highest BCUT2D eigenvalue weighted by atomic mass is 35.5. The molecular weight excluding hydrogens is 331 g/mol. The van der Waals surface area contributed by atoms with Crippen LogP contribution in [0.15, 0.2) is 42.5 Å². The van der Waals surface area contributed by atoms with Gasteiger partial charge in [-0.05, 0) is 42.3 Å². The Balaban J connectivity index is 2.03. The minimum Gasteiger partial charge on any atom is -0.395 e. The second-order valence-corrected chi connectivity index (χ2v) is 6.73. The molecule has 3 rings (SSSR count). The van der Waals surface area contributed by atoms with Gasteiger partial charge in [-0.1, -0.05) is 41.4 Å². The molecule has 2 atom stereocenters. The van der Waals surface area contributed by atoms with Crippen LogP contribution in [0.4, 0.5) is 5.69 Å². The summed E-state index contributed by atoms with van der Waals surface area (Å²) in [6.07, 6.45) is 0. The Morgan fingerprint density at radius 1 is 1.17 bits per heavy atom. The molecule has 0 amide bonds. The summed E-state index contributed by atoms with van der Waals surface area (Å²) in [5.41, 5.74) is 3.24. The van der Waals surface area contributed by atoms with Crippen molar-refractivity contribution in [3.05, 3.63) is 63.6 Å². The topological polar surface area (TPSA) is 35.5 Å². The molecule has 0 unspecified atom stereocenters. The predicted octanol–water partition coefficient (Wildman–Crippen LogP) is 3.81. The van der Waals surface area contributed by atoms with Gasteiger partial charge in [-0.25, -0.2) is 0 Å². The van der Waals surface area contributed by atoms with E-state index in [9.17, 15) is 5.11 Å². The second-order valence-electron chi connectivity index (χ2n) is 5.89. The van der Waals surface area contributed by atoms with Gasteiger partial charge in [0, 0.05) is 18.1 Å². The molecule has 5 heteroatoms. The van der Waals surface area contributed by atoms with Gasteiger partial charge in [0.05, 0.1) is 29.4 Å². The summed E-state index contributed by atoms with van der Waals surface area (Å²) in [5, 5.41) is 14.6. The zero-order valence-corrected chi connectivity index (χ0v) is 14.5.